The number of carbonyl (C=O) groups excluding carboxylic acids is 1. The van der Waals surface area contributed by atoms with E-state index in [1.165, 1.54) is 11.8 Å². The number of amides is 1. The highest BCUT2D eigenvalue weighted by Gasteiger charge is 2.22. The van der Waals surface area contributed by atoms with E-state index in [2.05, 4.69) is 27.8 Å². The van der Waals surface area contributed by atoms with Gasteiger partial charge in [-0.1, -0.05) is 40.6 Å². The molecular weight excluding hydrogens is 282 g/mol. The summed E-state index contributed by atoms with van der Waals surface area (Å²) < 4.78 is 4.76. The van der Waals surface area contributed by atoms with Crippen LogP contribution in [-0.2, 0) is 11.3 Å². The molecule has 1 aromatic heterocycles. The Hall–Kier alpha value is -2.63. The van der Waals surface area contributed by atoms with E-state index in [4.69, 9.17) is 9.36 Å². The third kappa shape index (κ3) is 3.33. The maximum atomic E-state index is 11.9. The lowest BCUT2D eigenvalue weighted by Crippen LogP contribution is -2.29. The van der Waals surface area contributed by atoms with Crippen molar-refractivity contribution in [3.05, 3.63) is 53.4 Å². The minimum absolute atomic E-state index is 0.0339. The summed E-state index contributed by atoms with van der Waals surface area (Å²) in [6.07, 6.45) is 2.91. The summed E-state index contributed by atoms with van der Waals surface area (Å²) in [5, 5.41) is 10.5. The number of rotatable bonds is 5. The summed E-state index contributed by atoms with van der Waals surface area (Å²) in [5.41, 5.74) is 3.07. The Morgan fingerprint density at radius 1 is 1.36 bits per heavy atom. The zero-order valence-electron chi connectivity index (χ0n) is 12.3. The summed E-state index contributed by atoms with van der Waals surface area (Å²) >= 11 is 0. The number of hydrogen-bond acceptors (Lipinski definition) is 5. The van der Waals surface area contributed by atoms with Crippen molar-refractivity contribution >= 4 is 11.6 Å². The molecule has 0 spiro atoms. The molecule has 22 heavy (non-hydrogen) atoms. The third-order valence-corrected chi connectivity index (χ3v) is 3.55. The largest absolute Gasteiger partial charge is 0.392 e. The summed E-state index contributed by atoms with van der Waals surface area (Å²) in [5.74, 6) is -0.215. The predicted molar refractivity (Wildman–Crippen MR) is 80.6 cm³/mol. The van der Waals surface area contributed by atoms with E-state index >= 15 is 0 Å². The summed E-state index contributed by atoms with van der Waals surface area (Å²) in [4.78, 5) is 17.4. The van der Waals surface area contributed by atoms with Crippen molar-refractivity contribution < 1.29 is 14.2 Å². The molecule has 0 bridgehead atoms. The fourth-order valence-corrected chi connectivity index (χ4v) is 2.37. The first-order valence-electron chi connectivity index (χ1n) is 7.17. The van der Waals surface area contributed by atoms with E-state index in [-0.39, 0.29) is 12.0 Å². The molecule has 1 atom stereocenters. The van der Waals surface area contributed by atoms with Crippen molar-refractivity contribution in [2.24, 2.45) is 5.16 Å². The van der Waals surface area contributed by atoms with Crippen LogP contribution in [0, 0.1) is 6.92 Å². The summed E-state index contributed by atoms with van der Waals surface area (Å²) in [7, 11) is 0. The van der Waals surface area contributed by atoms with Crippen LogP contribution in [0.2, 0.25) is 0 Å². The number of aromatic nitrogens is 1. The number of carbonyl (C=O) groups is 1. The van der Waals surface area contributed by atoms with E-state index < -0.39 is 0 Å². The summed E-state index contributed by atoms with van der Waals surface area (Å²) in [6, 6.07) is 10.1. The smallest absolute Gasteiger partial charge is 0.256 e. The fourth-order valence-electron chi connectivity index (χ4n) is 2.37. The van der Waals surface area contributed by atoms with E-state index in [0.29, 0.717) is 17.8 Å². The van der Waals surface area contributed by atoms with Crippen LogP contribution in [0.25, 0.3) is 0 Å². The number of nitrogens with zero attached hydrogens (tertiary/aromatic N) is 2. The van der Waals surface area contributed by atoms with Gasteiger partial charge in [-0.05, 0) is 12.5 Å². The molecule has 0 aliphatic carbocycles. The van der Waals surface area contributed by atoms with Crippen molar-refractivity contribution in [1.82, 2.24) is 10.5 Å². The molecule has 1 N–H and O–H groups in total. The van der Waals surface area contributed by atoms with Gasteiger partial charge in [0.05, 0.1) is 18.0 Å². The van der Waals surface area contributed by atoms with Crippen LogP contribution in [0.4, 0.5) is 0 Å². The SMILES string of the molecule is Cc1nocc1C(=O)NCC1=NOC(Cc2ccccc2)C1. The normalized spacial score (nSPS) is 17.0. The summed E-state index contributed by atoms with van der Waals surface area (Å²) in [6.45, 7) is 2.10. The van der Waals surface area contributed by atoms with Crippen LogP contribution < -0.4 is 5.32 Å². The molecule has 114 valence electrons. The number of benzene rings is 1. The molecule has 1 aliphatic heterocycles. The second-order valence-corrected chi connectivity index (χ2v) is 5.28. The number of hydrogen-bond donors (Lipinski definition) is 1. The quantitative estimate of drug-likeness (QED) is 0.917. The molecule has 1 aliphatic rings. The Kier molecular flexibility index (Phi) is 4.18. The molecule has 2 aromatic rings. The standard InChI is InChI=1S/C16H17N3O3/c1-11-15(10-21-18-11)16(20)17-9-13-8-14(22-19-13)7-12-5-3-2-4-6-12/h2-6,10,14H,7-9H2,1H3,(H,17,20). The van der Waals surface area contributed by atoms with Crippen molar-refractivity contribution in [2.75, 3.05) is 6.54 Å². The molecule has 6 heteroatoms. The van der Waals surface area contributed by atoms with E-state index in [9.17, 15) is 4.79 Å². The van der Waals surface area contributed by atoms with Gasteiger partial charge in [0.15, 0.2) is 0 Å². The van der Waals surface area contributed by atoms with Crippen LogP contribution in [-0.4, -0.2) is 29.4 Å². The van der Waals surface area contributed by atoms with Gasteiger partial charge in [0.25, 0.3) is 5.91 Å². The average Bonchev–Trinajstić information content (AvgIpc) is 3.15. The lowest BCUT2D eigenvalue weighted by molar-refractivity contribution is 0.0859. The van der Waals surface area contributed by atoms with Gasteiger partial charge in [0.2, 0.25) is 0 Å². The highest BCUT2D eigenvalue weighted by atomic mass is 16.6. The van der Waals surface area contributed by atoms with Crippen molar-refractivity contribution in [3.63, 3.8) is 0 Å². The lowest BCUT2D eigenvalue weighted by Gasteiger charge is -2.07. The topological polar surface area (TPSA) is 76.7 Å². The first-order valence-corrected chi connectivity index (χ1v) is 7.17. The van der Waals surface area contributed by atoms with Gasteiger partial charge >= 0.3 is 0 Å². The Labute approximate surface area is 128 Å². The minimum Gasteiger partial charge on any atom is -0.392 e. The molecule has 0 fully saturated rings. The van der Waals surface area contributed by atoms with Gasteiger partial charge in [-0.3, -0.25) is 4.79 Å². The maximum absolute atomic E-state index is 11.9. The number of aryl methyl sites for hydroxylation is 1. The Morgan fingerprint density at radius 2 is 2.18 bits per heavy atom. The lowest BCUT2D eigenvalue weighted by atomic mass is 10.0. The fraction of sp³-hybridized carbons (Fsp3) is 0.312. The molecule has 2 heterocycles. The first kappa shape index (κ1) is 14.3. The zero-order chi connectivity index (χ0) is 15.4. The van der Waals surface area contributed by atoms with Gasteiger partial charge in [-0.15, -0.1) is 0 Å². The second-order valence-electron chi connectivity index (χ2n) is 5.28. The second kappa shape index (κ2) is 6.43. The minimum atomic E-state index is -0.215. The van der Waals surface area contributed by atoms with Crippen LogP contribution >= 0.6 is 0 Å². The Morgan fingerprint density at radius 3 is 2.91 bits per heavy atom. The number of nitrogens with one attached hydrogen (secondary N) is 1. The highest BCUT2D eigenvalue weighted by Crippen LogP contribution is 2.15. The Bertz CT molecular complexity index is 679. The van der Waals surface area contributed by atoms with Crippen molar-refractivity contribution in [2.45, 2.75) is 25.9 Å². The van der Waals surface area contributed by atoms with Crippen molar-refractivity contribution in [3.8, 4) is 0 Å². The van der Waals surface area contributed by atoms with Crippen molar-refractivity contribution in [1.29, 1.82) is 0 Å². The zero-order valence-corrected chi connectivity index (χ0v) is 12.3. The van der Waals surface area contributed by atoms with Gasteiger partial charge in [-0.25, -0.2) is 0 Å². The van der Waals surface area contributed by atoms with Crippen LogP contribution in [0.5, 0.6) is 0 Å². The third-order valence-electron chi connectivity index (χ3n) is 3.55. The van der Waals surface area contributed by atoms with Gasteiger partial charge in [0, 0.05) is 12.8 Å². The molecular formula is C16H17N3O3. The van der Waals surface area contributed by atoms with Crippen LogP contribution in [0.15, 0.2) is 46.3 Å². The van der Waals surface area contributed by atoms with Gasteiger partial charge < -0.3 is 14.7 Å². The number of oxime groups is 1. The van der Waals surface area contributed by atoms with Gasteiger partial charge in [-0.2, -0.15) is 0 Å². The van der Waals surface area contributed by atoms with E-state index in [1.807, 2.05) is 18.2 Å². The van der Waals surface area contributed by atoms with E-state index in [0.717, 1.165) is 18.6 Å². The molecule has 1 amide bonds. The molecule has 0 saturated carbocycles. The molecule has 0 radical (unpaired) electrons. The van der Waals surface area contributed by atoms with E-state index in [1.54, 1.807) is 6.92 Å². The molecule has 1 unspecified atom stereocenters. The van der Waals surface area contributed by atoms with Crippen LogP contribution in [0.3, 0.4) is 0 Å². The molecule has 3 rings (SSSR count). The average molecular weight is 299 g/mol. The first-order chi connectivity index (χ1) is 10.7. The molecule has 0 saturated heterocycles. The monoisotopic (exact) mass is 299 g/mol. The predicted octanol–water partition coefficient (Wildman–Crippen LogP) is 2.10. The Balaban J connectivity index is 1.47. The van der Waals surface area contributed by atoms with Crippen LogP contribution in [0.1, 0.15) is 28.0 Å². The molecule has 6 nitrogen and oxygen atoms in total. The maximum Gasteiger partial charge on any atom is 0.256 e. The highest BCUT2D eigenvalue weighted by molar-refractivity contribution is 5.98. The molecule has 1 aromatic carbocycles. The van der Waals surface area contributed by atoms with Gasteiger partial charge in [0.1, 0.15) is 17.9 Å².